The molecule has 4 aliphatic heterocycles. The molecule has 0 spiro atoms. The first-order valence-corrected chi connectivity index (χ1v) is 7.82. The van der Waals surface area contributed by atoms with Gasteiger partial charge in [0.05, 0.1) is 0 Å². The molecule has 4 rings (SSSR count). The summed E-state index contributed by atoms with van der Waals surface area (Å²) >= 11 is 0. The van der Waals surface area contributed by atoms with Crippen LogP contribution < -0.4 is 5.73 Å². The Morgan fingerprint density at radius 3 is 1.64 bits per heavy atom. The maximum atomic E-state index is 13.9. The molecule has 0 amide bonds. The van der Waals surface area contributed by atoms with Gasteiger partial charge in [0.15, 0.2) is 0 Å². The first-order chi connectivity index (χ1) is 12.3. The van der Waals surface area contributed by atoms with Gasteiger partial charge < -0.3 is 10.6 Å². The summed E-state index contributed by atoms with van der Waals surface area (Å²) in [6.45, 7) is 4.27. The molecular weight excluding hydrogens is 409 g/mol. The van der Waals surface area contributed by atoms with E-state index in [1.807, 2.05) is 0 Å². The van der Waals surface area contributed by atoms with Gasteiger partial charge in [-0.05, 0) is 26.8 Å². The first kappa shape index (κ1) is 20.7. The quantitative estimate of drug-likeness (QED) is 0.608. The molecule has 0 aromatic heterocycles. The van der Waals surface area contributed by atoms with Crippen molar-refractivity contribution in [3.8, 4) is 0 Å². The van der Waals surface area contributed by atoms with Crippen LogP contribution in [0.1, 0.15) is 20.8 Å². The molecule has 0 fully saturated rings. The van der Waals surface area contributed by atoms with Gasteiger partial charge in [0, 0.05) is 11.7 Å². The Morgan fingerprint density at radius 2 is 1.32 bits per heavy atom. The van der Waals surface area contributed by atoms with Gasteiger partial charge >= 0.3 is 18.5 Å². The van der Waals surface area contributed by atoms with Crippen LogP contribution in [0.15, 0.2) is 22.3 Å². The van der Waals surface area contributed by atoms with Crippen molar-refractivity contribution in [3.05, 3.63) is 12.3 Å². The molecule has 3 N–H and O–H groups in total. The molecule has 28 heavy (non-hydrogen) atoms. The van der Waals surface area contributed by atoms with Crippen molar-refractivity contribution in [1.29, 1.82) is 0 Å². The van der Waals surface area contributed by atoms with Gasteiger partial charge in [-0.25, -0.2) is 14.9 Å². The summed E-state index contributed by atoms with van der Waals surface area (Å²) in [7, 11) is 0. The van der Waals surface area contributed by atoms with E-state index in [-0.39, 0.29) is 4.90 Å². The predicted octanol–water partition coefficient (Wildman–Crippen LogP) is 2.64. The Bertz CT molecular complexity index is 751. The van der Waals surface area contributed by atoms with E-state index in [1.54, 1.807) is 0 Å². The van der Waals surface area contributed by atoms with Crippen LogP contribution in [0, 0.1) is 5.92 Å². The average molecular weight is 424 g/mol. The lowest BCUT2D eigenvalue weighted by atomic mass is 9.81. The second-order valence-electron chi connectivity index (χ2n) is 7.66. The van der Waals surface area contributed by atoms with Gasteiger partial charge in [-0.2, -0.15) is 39.5 Å². The van der Waals surface area contributed by atoms with Crippen molar-refractivity contribution in [2.24, 2.45) is 15.9 Å². The number of aliphatic imine (C=N–C) groups is 2. The highest BCUT2D eigenvalue weighted by atomic mass is 19.4. The van der Waals surface area contributed by atoms with Gasteiger partial charge in [-0.3, -0.25) is 0 Å². The van der Waals surface area contributed by atoms with Crippen LogP contribution in [0.3, 0.4) is 0 Å². The molecule has 2 atom stereocenters. The molecule has 0 radical (unpaired) electrons. The zero-order valence-corrected chi connectivity index (χ0v) is 14.6. The molecule has 0 saturated heterocycles. The Kier molecular flexibility index (Phi) is 3.80. The molecule has 0 saturated carbocycles. The van der Waals surface area contributed by atoms with E-state index >= 15 is 0 Å². The molecule has 14 heteroatoms. The van der Waals surface area contributed by atoms with Crippen LogP contribution in [-0.2, 0) is 0 Å². The van der Waals surface area contributed by atoms with Crippen LogP contribution in [0.4, 0.5) is 39.5 Å². The normalized spacial score (nSPS) is 33.2. The number of quaternary nitrogens is 1. The Morgan fingerprint density at radius 1 is 0.893 bits per heavy atom. The summed E-state index contributed by atoms with van der Waals surface area (Å²) in [4.78, 5) is 5.93. The van der Waals surface area contributed by atoms with Gasteiger partial charge in [0.2, 0.25) is 11.7 Å². The maximum absolute atomic E-state index is 13.9. The van der Waals surface area contributed by atoms with Crippen molar-refractivity contribution < 1.29 is 45.2 Å². The lowest BCUT2D eigenvalue weighted by molar-refractivity contribution is -0.566. The minimum Gasteiger partial charge on any atom is -0.316 e. The number of alkyl halides is 9. The van der Waals surface area contributed by atoms with E-state index in [0.717, 1.165) is 17.2 Å². The summed E-state index contributed by atoms with van der Waals surface area (Å²) in [5.41, 5.74) is -1.73. The SMILES string of the molecule is CC(C)(C)N1C=CC2C1([NH3+])N1C(C(F)(F)F)=NC2(C(F)(F)F)N=C1C(F)(F)F. The molecular formula is C14H15F9N5+. The summed E-state index contributed by atoms with van der Waals surface area (Å²) < 4.78 is 123. The number of nitrogens with zero attached hydrogens (tertiary/aromatic N) is 4. The van der Waals surface area contributed by atoms with Crippen LogP contribution >= 0.6 is 0 Å². The lowest BCUT2D eigenvalue weighted by Crippen LogP contribution is -2.96. The van der Waals surface area contributed by atoms with E-state index in [2.05, 4.69) is 15.7 Å². The minimum absolute atomic E-state index is 0.365. The highest BCUT2D eigenvalue weighted by molar-refractivity contribution is 6.08. The topological polar surface area (TPSA) is 58.8 Å². The largest absolute Gasteiger partial charge is 0.449 e. The molecule has 4 heterocycles. The van der Waals surface area contributed by atoms with Crippen LogP contribution in [-0.4, -0.2) is 57.0 Å². The highest BCUT2D eigenvalue weighted by Gasteiger charge is 2.80. The monoisotopic (exact) mass is 424 g/mol. The van der Waals surface area contributed by atoms with Crippen molar-refractivity contribution in [2.45, 2.75) is 56.3 Å². The third-order valence-corrected chi connectivity index (χ3v) is 4.79. The third-order valence-electron chi connectivity index (χ3n) is 4.79. The number of halogens is 9. The zero-order chi connectivity index (χ0) is 21.7. The third kappa shape index (κ3) is 2.45. The van der Waals surface area contributed by atoms with Crippen LogP contribution in [0.25, 0.3) is 0 Å². The highest BCUT2D eigenvalue weighted by Crippen LogP contribution is 2.57. The Balaban J connectivity index is 2.42. The first-order valence-electron chi connectivity index (χ1n) is 7.82. The maximum Gasteiger partial charge on any atom is 0.449 e. The fourth-order valence-electron chi connectivity index (χ4n) is 3.85. The van der Waals surface area contributed by atoms with E-state index in [4.69, 9.17) is 0 Å². The van der Waals surface area contributed by atoms with Gasteiger partial charge in [0.1, 0.15) is 5.92 Å². The lowest BCUT2D eigenvalue weighted by Gasteiger charge is -2.58. The summed E-state index contributed by atoms with van der Waals surface area (Å²) in [6, 6.07) is 0. The number of hydrogen-bond donors (Lipinski definition) is 1. The van der Waals surface area contributed by atoms with Crippen molar-refractivity contribution in [3.63, 3.8) is 0 Å². The van der Waals surface area contributed by atoms with E-state index in [9.17, 15) is 39.5 Å². The molecule has 0 aromatic carbocycles. The van der Waals surface area contributed by atoms with E-state index in [1.165, 1.54) is 20.8 Å². The standard InChI is InChI=1S/C14H14F9N5/c1-9(2,3)27-5-4-6-10(14(21,22)23)25-7(11(15,16)17)28(13(6,27)24)8(26-10)12(18,19)20/h4-6H,24H2,1-3H3/p+1. The van der Waals surface area contributed by atoms with Gasteiger partial charge in [0.25, 0.3) is 11.4 Å². The Hall–Kier alpha value is -1.99. The molecule has 2 bridgehead atoms. The summed E-state index contributed by atoms with van der Waals surface area (Å²) in [5, 5.41) is 0. The minimum atomic E-state index is -5.64. The molecule has 0 aromatic rings. The number of amidine groups is 2. The molecule has 158 valence electrons. The summed E-state index contributed by atoms with van der Waals surface area (Å²) in [5.74, 6) is -9.34. The average Bonchev–Trinajstić information content (AvgIpc) is 2.83. The molecule has 5 nitrogen and oxygen atoms in total. The Labute approximate surface area is 152 Å². The molecule has 2 unspecified atom stereocenters. The number of hydrogen-bond acceptors (Lipinski definition) is 4. The fourth-order valence-corrected chi connectivity index (χ4v) is 3.85. The van der Waals surface area contributed by atoms with Gasteiger partial charge in [-0.1, -0.05) is 0 Å². The smallest absolute Gasteiger partial charge is 0.316 e. The van der Waals surface area contributed by atoms with Gasteiger partial charge in [-0.15, -0.1) is 0 Å². The second-order valence-corrected chi connectivity index (χ2v) is 7.66. The predicted molar refractivity (Wildman–Crippen MR) is 77.4 cm³/mol. The van der Waals surface area contributed by atoms with Crippen LogP contribution in [0.5, 0.6) is 0 Å². The molecule has 4 aliphatic rings. The zero-order valence-electron chi connectivity index (χ0n) is 14.6. The van der Waals surface area contributed by atoms with Crippen molar-refractivity contribution in [2.75, 3.05) is 0 Å². The van der Waals surface area contributed by atoms with E-state index in [0.29, 0.717) is 0 Å². The number of rotatable bonds is 0. The summed E-state index contributed by atoms with van der Waals surface area (Å²) in [6.07, 6.45) is -15.0. The van der Waals surface area contributed by atoms with Crippen molar-refractivity contribution >= 4 is 11.7 Å². The second kappa shape index (κ2) is 5.13. The van der Waals surface area contributed by atoms with Crippen molar-refractivity contribution in [1.82, 2.24) is 9.80 Å². The molecule has 0 aliphatic carbocycles. The fraction of sp³-hybridized carbons (Fsp3) is 0.714. The van der Waals surface area contributed by atoms with Crippen LogP contribution in [0.2, 0.25) is 0 Å². The van der Waals surface area contributed by atoms with E-state index < -0.39 is 53.1 Å².